The van der Waals surface area contributed by atoms with Crippen molar-refractivity contribution >= 4 is 11.9 Å². The Balaban J connectivity index is 2.80. The fraction of sp³-hybridized carbons (Fsp3) is 0.667. The number of nitrogens with zero attached hydrogens (tertiary/aromatic N) is 3. The third-order valence-electron chi connectivity index (χ3n) is 3.76. The molecule has 1 aromatic heterocycles. The molecule has 1 amide bonds. The highest BCUT2D eigenvalue weighted by atomic mass is 16.1. The second kappa shape index (κ2) is 7.29. The SMILES string of the molecule is CCNC(=NCc1c(C)nn(C)c1C)NCC(C)(C)C(N)=O. The van der Waals surface area contributed by atoms with Gasteiger partial charge in [0.25, 0.3) is 0 Å². The van der Waals surface area contributed by atoms with Crippen molar-refractivity contribution in [1.29, 1.82) is 0 Å². The number of hydrogen-bond acceptors (Lipinski definition) is 3. The highest BCUT2D eigenvalue weighted by Crippen LogP contribution is 2.13. The molecule has 22 heavy (non-hydrogen) atoms. The van der Waals surface area contributed by atoms with Crippen molar-refractivity contribution in [2.24, 2.45) is 23.2 Å². The number of aliphatic imine (C=N–C) groups is 1. The number of hydrogen-bond donors (Lipinski definition) is 3. The standard InChI is InChI=1S/C15H28N6O/c1-7-17-14(19-9-15(4,5)13(16)22)18-8-12-10(2)20-21(6)11(12)3/h7-9H2,1-6H3,(H2,16,22)(H2,17,18,19). The van der Waals surface area contributed by atoms with Gasteiger partial charge in [0.1, 0.15) is 0 Å². The van der Waals surface area contributed by atoms with Gasteiger partial charge in [-0.1, -0.05) is 0 Å². The Bertz CT molecular complexity index is 559. The molecule has 0 fully saturated rings. The van der Waals surface area contributed by atoms with E-state index in [1.165, 1.54) is 0 Å². The van der Waals surface area contributed by atoms with Crippen LogP contribution in [0, 0.1) is 19.3 Å². The summed E-state index contributed by atoms with van der Waals surface area (Å²) in [6, 6.07) is 0. The summed E-state index contributed by atoms with van der Waals surface area (Å²) in [6.45, 7) is 11.3. The summed E-state index contributed by atoms with van der Waals surface area (Å²) >= 11 is 0. The first-order valence-electron chi connectivity index (χ1n) is 7.50. The quantitative estimate of drug-likeness (QED) is 0.529. The van der Waals surface area contributed by atoms with Crippen LogP contribution in [-0.4, -0.2) is 34.7 Å². The molecule has 1 rings (SSSR count). The minimum absolute atomic E-state index is 0.338. The first-order chi connectivity index (χ1) is 10.2. The minimum Gasteiger partial charge on any atom is -0.369 e. The Morgan fingerprint density at radius 2 is 2.00 bits per heavy atom. The van der Waals surface area contributed by atoms with E-state index in [1.807, 2.05) is 32.5 Å². The van der Waals surface area contributed by atoms with Crippen LogP contribution in [0.5, 0.6) is 0 Å². The number of amides is 1. The van der Waals surface area contributed by atoms with Crippen molar-refractivity contribution in [2.75, 3.05) is 13.1 Å². The van der Waals surface area contributed by atoms with Crippen molar-refractivity contribution in [3.8, 4) is 0 Å². The molecule has 0 atom stereocenters. The maximum absolute atomic E-state index is 11.4. The second-order valence-corrected chi connectivity index (χ2v) is 6.07. The molecule has 0 bridgehead atoms. The van der Waals surface area contributed by atoms with E-state index in [4.69, 9.17) is 5.73 Å². The first kappa shape index (κ1) is 18.0. The minimum atomic E-state index is -0.629. The van der Waals surface area contributed by atoms with E-state index in [0.29, 0.717) is 19.0 Å². The van der Waals surface area contributed by atoms with Crippen LogP contribution in [-0.2, 0) is 18.4 Å². The predicted octanol–water partition coefficient (Wildman–Crippen LogP) is 0.604. The molecule has 0 saturated carbocycles. The van der Waals surface area contributed by atoms with Gasteiger partial charge in [0.05, 0.1) is 17.7 Å². The van der Waals surface area contributed by atoms with Gasteiger partial charge in [-0.2, -0.15) is 5.10 Å². The molecule has 0 saturated heterocycles. The third-order valence-corrected chi connectivity index (χ3v) is 3.76. The number of carbonyl (C=O) groups excluding carboxylic acids is 1. The first-order valence-corrected chi connectivity index (χ1v) is 7.50. The zero-order chi connectivity index (χ0) is 16.9. The highest BCUT2D eigenvalue weighted by molar-refractivity contribution is 5.83. The van der Waals surface area contributed by atoms with Crippen LogP contribution >= 0.6 is 0 Å². The molecule has 0 aliphatic heterocycles. The van der Waals surface area contributed by atoms with Gasteiger partial charge in [0.2, 0.25) is 5.91 Å². The van der Waals surface area contributed by atoms with Crippen LogP contribution in [0.4, 0.5) is 0 Å². The molecular weight excluding hydrogens is 280 g/mol. The molecule has 0 aliphatic carbocycles. The molecule has 7 heteroatoms. The number of primary amides is 1. The van der Waals surface area contributed by atoms with Gasteiger partial charge >= 0.3 is 0 Å². The van der Waals surface area contributed by atoms with E-state index in [2.05, 4.69) is 20.7 Å². The maximum Gasteiger partial charge on any atom is 0.224 e. The number of nitrogens with one attached hydrogen (secondary N) is 2. The number of aryl methyl sites for hydroxylation is 2. The van der Waals surface area contributed by atoms with Gasteiger partial charge in [-0.3, -0.25) is 9.48 Å². The lowest BCUT2D eigenvalue weighted by atomic mass is 9.93. The van der Waals surface area contributed by atoms with Gasteiger partial charge in [-0.05, 0) is 34.6 Å². The third kappa shape index (κ3) is 4.47. The number of nitrogens with two attached hydrogens (primary N) is 1. The molecule has 0 spiro atoms. The summed E-state index contributed by atoms with van der Waals surface area (Å²) in [7, 11) is 1.92. The number of aromatic nitrogens is 2. The summed E-state index contributed by atoms with van der Waals surface area (Å²) in [5, 5.41) is 10.7. The molecule has 4 N–H and O–H groups in total. The van der Waals surface area contributed by atoms with Gasteiger partial charge in [0, 0.05) is 31.4 Å². The average molecular weight is 308 g/mol. The second-order valence-electron chi connectivity index (χ2n) is 6.07. The lowest BCUT2D eigenvalue weighted by Crippen LogP contribution is -2.46. The lowest BCUT2D eigenvalue weighted by molar-refractivity contribution is -0.125. The fourth-order valence-electron chi connectivity index (χ4n) is 1.94. The zero-order valence-electron chi connectivity index (χ0n) is 14.4. The highest BCUT2D eigenvalue weighted by Gasteiger charge is 2.25. The van der Waals surface area contributed by atoms with Crippen molar-refractivity contribution in [3.63, 3.8) is 0 Å². The van der Waals surface area contributed by atoms with E-state index in [9.17, 15) is 4.79 Å². The van der Waals surface area contributed by atoms with Crippen molar-refractivity contribution in [1.82, 2.24) is 20.4 Å². The number of rotatable bonds is 6. The predicted molar refractivity (Wildman–Crippen MR) is 88.5 cm³/mol. The molecule has 0 aliphatic rings. The maximum atomic E-state index is 11.4. The average Bonchev–Trinajstić information content (AvgIpc) is 2.67. The van der Waals surface area contributed by atoms with Gasteiger partial charge < -0.3 is 16.4 Å². The molecule has 1 aromatic rings. The molecule has 1 heterocycles. The molecule has 124 valence electrons. The Morgan fingerprint density at radius 1 is 1.36 bits per heavy atom. The lowest BCUT2D eigenvalue weighted by Gasteiger charge is -2.22. The van der Waals surface area contributed by atoms with E-state index in [0.717, 1.165) is 23.5 Å². The Kier molecular flexibility index (Phi) is 5.96. The van der Waals surface area contributed by atoms with Crippen LogP contribution in [0.3, 0.4) is 0 Å². The summed E-state index contributed by atoms with van der Waals surface area (Å²) < 4.78 is 1.86. The van der Waals surface area contributed by atoms with Crippen LogP contribution in [0.1, 0.15) is 37.7 Å². The van der Waals surface area contributed by atoms with Crippen LogP contribution in [0.2, 0.25) is 0 Å². The number of carbonyl (C=O) groups is 1. The Labute approximate surface area is 132 Å². The van der Waals surface area contributed by atoms with Gasteiger partial charge in [-0.25, -0.2) is 4.99 Å². The Morgan fingerprint density at radius 3 is 2.45 bits per heavy atom. The molecule has 0 radical (unpaired) electrons. The summed E-state index contributed by atoms with van der Waals surface area (Å²) in [5.41, 5.74) is 7.97. The van der Waals surface area contributed by atoms with Crippen molar-refractivity contribution in [3.05, 3.63) is 17.0 Å². The summed E-state index contributed by atoms with van der Waals surface area (Å²) in [6.07, 6.45) is 0. The van der Waals surface area contributed by atoms with Crippen LogP contribution in [0.25, 0.3) is 0 Å². The number of guanidine groups is 1. The normalized spacial score (nSPS) is 12.4. The van der Waals surface area contributed by atoms with Crippen molar-refractivity contribution in [2.45, 2.75) is 41.2 Å². The van der Waals surface area contributed by atoms with E-state index >= 15 is 0 Å². The van der Waals surface area contributed by atoms with Gasteiger partial charge in [0.15, 0.2) is 5.96 Å². The molecule has 0 aromatic carbocycles. The van der Waals surface area contributed by atoms with E-state index < -0.39 is 5.41 Å². The van der Waals surface area contributed by atoms with E-state index in [-0.39, 0.29) is 5.91 Å². The monoisotopic (exact) mass is 308 g/mol. The van der Waals surface area contributed by atoms with Crippen LogP contribution in [0.15, 0.2) is 4.99 Å². The molecule has 0 unspecified atom stereocenters. The largest absolute Gasteiger partial charge is 0.369 e. The summed E-state index contributed by atoms with van der Waals surface area (Å²) in [5.74, 6) is 0.328. The zero-order valence-corrected chi connectivity index (χ0v) is 14.4. The smallest absolute Gasteiger partial charge is 0.224 e. The summed E-state index contributed by atoms with van der Waals surface area (Å²) in [4.78, 5) is 15.9. The molecular formula is C15H28N6O. The van der Waals surface area contributed by atoms with Crippen molar-refractivity contribution < 1.29 is 4.79 Å². The van der Waals surface area contributed by atoms with Crippen LogP contribution < -0.4 is 16.4 Å². The molecule has 7 nitrogen and oxygen atoms in total. The topological polar surface area (TPSA) is 97.3 Å². The van der Waals surface area contributed by atoms with Gasteiger partial charge in [-0.15, -0.1) is 0 Å². The Hall–Kier alpha value is -2.05. The van der Waals surface area contributed by atoms with E-state index in [1.54, 1.807) is 13.8 Å². The fourth-order valence-corrected chi connectivity index (χ4v) is 1.94.